The lowest BCUT2D eigenvalue weighted by Crippen LogP contribution is -2.28. The first-order valence-electron chi connectivity index (χ1n) is 8.56. The minimum Gasteiger partial charge on any atom is -0.495 e. The molecule has 2 heterocycles. The maximum Gasteiger partial charge on any atom is 0.244 e. The average molecular weight is 403 g/mol. The Hall–Kier alpha value is -2.91. The first kappa shape index (κ1) is 19.8. The Labute approximate surface area is 163 Å². The molecule has 0 unspecified atom stereocenters. The molecule has 2 aromatic heterocycles. The van der Waals surface area contributed by atoms with Crippen molar-refractivity contribution >= 4 is 10.0 Å². The largest absolute Gasteiger partial charge is 0.495 e. The van der Waals surface area contributed by atoms with Gasteiger partial charge in [0.15, 0.2) is 5.76 Å². The Kier molecular flexibility index (Phi) is 5.96. The summed E-state index contributed by atoms with van der Waals surface area (Å²) in [6.45, 7) is 3.91. The summed E-state index contributed by atoms with van der Waals surface area (Å²) in [6, 6.07) is 10.2. The molecule has 0 bridgehead atoms. The molecule has 0 fully saturated rings. The number of hydrogen-bond acceptors (Lipinski definition) is 7. The number of nitrogens with one attached hydrogen (secondary N) is 1. The zero-order chi connectivity index (χ0) is 20.1. The van der Waals surface area contributed by atoms with E-state index in [1.807, 2.05) is 13.8 Å². The summed E-state index contributed by atoms with van der Waals surface area (Å²) in [5, 5.41) is 7.96. The van der Waals surface area contributed by atoms with E-state index in [1.54, 1.807) is 42.7 Å². The molecule has 148 valence electrons. The van der Waals surface area contributed by atoms with Crippen LogP contribution in [0.2, 0.25) is 0 Å². The van der Waals surface area contributed by atoms with Gasteiger partial charge in [-0.2, -0.15) is 0 Å². The van der Waals surface area contributed by atoms with Crippen LogP contribution in [0.5, 0.6) is 11.6 Å². The number of rotatable bonds is 8. The SMILES string of the molecule is COc1cc(C)c(C)cc1S(=O)(=O)NCCOc1ccc(-c2ccco2)nn1. The van der Waals surface area contributed by atoms with Gasteiger partial charge in [-0.25, -0.2) is 13.1 Å². The van der Waals surface area contributed by atoms with Crippen molar-refractivity contribution < 1.29 is 22.3 Å². The molecule has 0 radical (unpaired) electrons. The molecule has 0 aliphatic rings. The molecule has 28 heavy (non-hydrogen) atoms. The molecular formula is C19H21N3O5S. The Bertz CT molecular complexity index is 1030. The van der Waals surface area contributed by atoms with Crippen molar-refractivity contribution in [3.05, 3.63) is 53.8 Å². The molecule has 0 aliphatic heterocycles. The second kappa shape index (κ2) is 8.41. The van der Waals surface area contributed by atoms with Gasteiger partial charge in [0.1, 0.15) is 22.9 Å². The van der Waals surface area contributed by atoms with Crippen LogP contribution < -0.4 is 14.2 Å². The van der Waals surface area contributed by atoms with E-state index in [0.717, 1.165) is 11.1 Å². The van der Waals surface area contributed by atoms with Crippen LogP contribution in [0.3, 0.4) is 0 Å². The minimum absolute atomic E-state index is 0.0695. The number of nitrogens with zero attached hydrogens (tertiary/aromatic N) is 2. The highest BCUT2D eigenvalue weighted by atomic mass is 32.2. The van der Waals surface area contributed by atoms with Gasteiger partial charge in [0, 0.05) is 12.6 Å². The third kappa shape index (κ3) is 4.49. The van der Waals surface area contributed by atoms with E-state index in [2.05, 4.69) is 14.9 Å². The smallest absolute Gasteiger partial charge is 0.244 e. The molecule has 3 aromatic rings. The van der Waals surface area contributed by atoms with E-state index in [1.165, 1.54) is 7.11 Å². The number of benzene rings is 1. The van der Waals surface area contributed by atoms with Gasteiger partial charge in [-0.15, -0.1) is 10.2 Å². The number of aryl methyl sites for hydroxylation is 2. The summed E-state index contributed by atoms with van der Waals surface area (Å²) in [5.74, 6) is 1.20. The van der Waals surface area contributed by atoms with Crippen LogP contribution in [-0.2, 0) is 10.0 Å². The Morgan fingerprint density at radius 1 is 1.11 bits per heavy atom. The molecule has 0 atom stereocenters. The van der Waals surface area contributed by atoms with Gasteiger partial charge in [0.25, 0.3) is 0 Å². The summed E-state index contributed by atoms with van der Waals surface area (Å²) in [7, 11) is -2.29. The molecule has 0 amide bonds. The maximum absolute atomic E-state index is 12.6. The highest BCUT2D eigenvalue weighted by molar-refractivity contribution is 7.89. The average Bonchev–Trinajstić information content (AvgIpc) is 3.22. The number of sulfonamides is 1. The fourth-order valence-electron chi connectivity index (χ4n) is 2.49. The lowest BCUT2D eigenvalue weighted by molar-refractivity contribution is 0.307. The standard InChI is InChI=1S/C19H21N3O5S/c1-13-11-17(25-3)18(12-14(13)2)28(23,24)20-8-10-27-19-7-6-15(21-22-19)16-5-4-9-26-16/h4-7,9,11-12,20H,8,10H2,1-3H3. The molecule has 0 spiro atoms. The Morgan fingerprint density at radius 2 is 1.89 bits per heavy atom. The van der Waals surface area contributed by atoms with Crippen molar-refractivity contribution in [1.82, 2.24) is 14.9 Å². The van der Waals surface area contributed by atoms with Gasteiger partial charge in [-0.1, -0.05) is 0 Å². The molecule has 0 saturated heterocycles. The van der Waals surface area contributed by atoms with Crippen molar-refractivity contribution in [1.29, 1.82) is 0 Å². The maximum atomic E-state index is 12.6. The van der Waals surface area contributed by atoms with Crippen LogP contribution >= 0.6 is 0 Å². The van der Waals surface area contributed by atoms with E-state index in [-0.39, 0.29) is 18.0 Å². The van der Waals surface area contributed by atoms with Crippen LogP contribution in [0.1, 0.15) is 11.1 Å². The van der Waals surface area contributed by atoms with Gasteiger partial charge in [0.2, 0.25) is 15.9 Å². The number of furan rings is 1. The Morgan fingerprint density at radius 3 is 2.54 bits per heavy atom. The molecule has 0 saturated carbocycles. The molecular weight excluding hydrogens is 382 g/mol. The number of ether oxygens (including phenoxy) is 2. The van der Waals surface area contributed by atoms with Crippen LogP contribution in [0, 0.1) is 13.8 Å². The summed E-state index contributed by atoms with van der Waals surface area (Å²) >= 11 is 0. The van der Waals surface area contributed by atoms with Crippen molar-refractivity contribution in [2.75, 3.05) is 20.3 Å². The van der Waals surface area contributed by atoms with Gasteiger partial charge in [-0.3, -0.25) is 0 Å². The molecule has 9 heteroatoms. The van der Waals surface area contributed by atoms with E-state index in [4.69, 9.17) is 13.9 Å². The third-order valence-corrected chi connectivity index (χ3v) is 5.61. The van der Waals surface area contributed by atoms with Crippen molar-refractivity contribution in [3.63, 3.8) is 0 Å². The zero-order valence-corrected chi connectivity index (χ0v) is 16.6. The highest BCUT2D eigenvalue weighted by Gasteiger charge is 2.20. The van der Waals surface area contributed by atoms with Gasteiger partial charge >= 0.3 is 0 Å². The first-order valence-corrected chi connectivity index (χ1v) is 10.0. The van der Waals surface area contributed by atoms with Crippen LogP contribution in [-0.4, -0.2) is 38.9 Å². The quantitative estimate of drug-likeness (QED) is 0.577. The number of hydrogen-bond donors (Lipinski definition) is 1. The summed E-state index contributed by atoms with van der Waals surface area (Å²) in [4.78, 5) is 0.0979. The van der Waals surface area contributed by atoms with Crippen molar-refractivity contribution in [2.24, 2.45) is 0 Å². The fourth-order valence-corrected chi connectivity index (χ4v) is 3.74. The minimum atomic E-state index is -3.74. The highest BCUT2D eigenvalue weighted by Crippen LogP contribution is 2.27. The molecule has 0 aliphatic carbocycles. The Balaban J connectivity index is 1.58. The monoisotopic (exact) mass is 403 g/mol. The summed E-state index contributed by atoms with van der Waals surface area (Å²) < 4.78 is 43.6. The normalized spacial score (nSPS) is 11.4. The lowest BCUT2D eigenvalue weighted by Gasteiger charge is -2.13. The molecule has 1 aromatic carbocycles. The summed E-state index contributed by atoms with van der Waals surface area (Å²) in [5.41, 5.74) is 2.40. The first-order chi connectivity index (χ1) is 13.4. The van der Waals surface area contributed by atoms with E-state index < -0.39 is 10.0 Å². The van der Waals surface area contributed by atoms with E-state index in [9.17, 15) is 8.42 Å². The molecule has 8 nitrogen and oxygen atoms in total. The van der Waals surface area contributed by atoms with Crippen LogP contribution in [0.15, 0.2) is 52.0 Å². The van der Waals surface area contributed by atoms with Crippen LogP contribution in [0.25, 0.3) is 11.5 Å². The predicted octanol–water partition coefficient (Wildman–Crippen LogP) is 2.72. The lowest BCUT2D eigenvalue weighted by atomic mass is 10.1. The van der Waals surface area contributed by atoms with E-state index >= 15 is 0 Å². The fraction of sp³-hybridized carbons (Fsp3) is 0.263. The zero-order valence-electron chi connectivity index (χ0n) is 15.8. The van der Waals surface area contributed by atoms with Gasteiger partial charge in [-0.05, 0) is 55.3 Å². The third-order valence-electron chi connectivity index (χ3n) is 4.13. The molecule has 3 rings (SSSR count). The second-order valence-electron chi connectivity index (χ2n) is 6.07. The second-order valence-corrected chi connectivity index (χ2v) is 7.80. The van der Waals surface area contributed by atoms with Gasteiger partial charge in [0.05, 0.1) is 13.4 Å². The van der Waals surface area contributed by atoms with Crippen molar-refractivity contribution in [2.45, 2.75) is 18.7 Å². The van der Waals surface area contributed by atoms with Crippen molar-refractivity contribution in [3.8, 4) is 23.1 Å². The topological polar surface area (TPSA) is 104 Å². The summed E-state index contributed by atoms with van der Waals surface area (Å²) in [6.07, 6.45) is 1.55. The predicted molar refractivity (Wildman–Crippen MR) is 103 cm³/mol. The van der Waals surface area contributed by atoms with Gasteiger partial charge < -0.3 is 13.9 Å². The van der Waals surface area contributed by atoms with Crippen LogP contribution in [0.4, 0.5) is 0 Å². The number of aromatic nitrogens is 2. The van der Waals surface area contributed by atoms with E-state index in [0.29, 0.717) is 23.1 Å². The molecule has 1 N–H and O–H groups in total. The number of methoxy groups -OCH3 is 1.